The number of rotatable bonds is 6. The molecule has 0 aromatic carbocycles. The molecule has 1 saturated carbocycles. The molecule has 2 aliphatic carbocycles. The summed E-state index contributed by atoms with van der Waals surface area (Å²) >= 11 is 0. The van der Waals surface area contributed by atoms with Crippen LogP contribution in [0.4, 0.5) is 0 Å². The number of carbonyl (C=O) groups excluding carboxylic acids is 2. The lowest BCUT2D eigenvalue weighted by Crippen LogP contribution is -2.38. The lowest BCUT2D eigenvalue weighted by Gasteiger charge is -2.16. The van der Waals surface area contributed by atoms with Gasteiger partial charge in [-0.3, -0.25) is 9.59 Å². The summed E-state index contributed by atoms with van der Waals surface area (Å²) < 4.78 is 0. The van der Waals surface area contributed by atoms with Crippen LogP contribution in [0.5, 0.6) is 0 Å². The van der Waals surface area contributed by atoms with Crippen LogP contribution < -0.4 is 10.6 Å². The molecule has 124 valence electrons. The molecule has 22 heavy (non-hydrogen) atoms. The Bertz CT molecular complexity index is 396. The average Bonchev–Trinajstić information content (AvgIpc) is 2.77. The summed E-state index contributed by atoms with van der Waals surface area (Å²) in [6.07, 6.45) is 15.1. The van der Waals surface area contributed by atoms with Crippen LogP contribution in [0.3, 0.4) is 0 Å². The highest BCUT2D eigenvalue weighted by atomic mass is 16.2. The van der Waals surface area contributed by atoms with Crippen molar-refractivity contribution in [1.29, 1.82) is 0 Å². The maximum absolute atomic E-state index is 11.9. The molecular formula is C18H30N2O2. The monoisotopic (exact) mass is 306 g/mol. The minimum Gasteiger partial charge on any atom is -0.355 e. The molecule has 4 nitrogen and oxygen atoms in total. The van der Waals surface area contributed by atoms with E-state index in [-0.39, 0.29) is 24.3 Å². The highest BCUT2D eigenvalue weighted by Gasteiger charge is 2.16. The van der Waals surface area contributed by atoms with Gasteiger partial charge in [0.1, 0.15) is 6.42 Å². The van der Waals surface area contributed by atoms with E-state index in [9.17, 15) is 9.59 Å². The summed E-state index contributed by atoms with van der Waals surface area (Å²) in [4.78, 5) is 23.7. The van der Waals surface area contributed by atoms with E-state index < -0.39 is 0 Å². The second-order valence-electron chi connectivity index (χ2n) is 6.64. The van der Waals surface area contributed by atoms with Gasteiger partial charge in [-0.05, 0) is 44.9 Å². The Kier molecular flexibility index (Phi) is 7.47. The molecule has 2 rings (SSSR count). The van der Waals surface area contributed by atoms with E-state index in [0.29, 0.717) is 6.54 Å². The van der Waals surface area contributed by atoms with Gasteiger partial charge in [0.05, 0.1) is 0 Å². The summed E-state index contributed by atoms with van der Waals surface area (Å²) in [6, 6.07) is 0.273. The highest BCUT2D eigenvalue weighted by molar-refractivity contribution is 5.96. The van der Waals surface area contributed by atoms with Crippen molar-refractivity contribution >= 4 is 11.8 Å². The molecule has 2 amide bonds. The molecule has 0 aromatic heterocycles. The van der Waals surface area contributed by atoms with Crippen molar-refractivity contribution in [1.82, 2.24) is 10.6 Å². The first kappa shape index (κ1) is 17.0. The Balaban J connectivity index is 1.59. The maximum Gasteiger partial charge on any atom is 0.229 e. The van der Waals surface area contributed by atoms with E-state index in [1.807, 2.05) is 0 Å². The van der Waals surface area contributed by atoms with Crippen LogP contribution >= 0.6 is 0 Å². The van der Waals surface area contributed by atoms with Crippen LogP contribution in [-0.4, -0.2) is 24.4 Å². The van der Waals surface area contributed by atoms with Crippen LogP contribution in [0.25, 0.3) is 0 Å². The predicted octanol–water partition coefficient (Wildman–Crippen LogP) is 3.22. The first-order valence-corrected chi connectivity index (χ1v) is 8.98. The third-order valence-corrected chi connectivity index (χ3v) is 4.69. The Morgan fingerprint density at radius 2 is 1.77 bits per heavy atom. The molecule has 0 atom stereocenters. The van der Waals surface area contributed by atoms with Gasteiger partial charge in [-0.2, -0.15) is 0 Å². The number of nitrogens with one attached hydrogen (secondary N) is 2. The molecule has 2 N–H and O–H groups in total. The van der Waals surface area contributed by atoms with Gasteiger partial charge in [0.25, 0.3) is 0 Å². The summed E-state index contributed by atoms with van der Waals surface area (Å²) in [5.74, 6) is -0.274. The molecular weight excluding hydrogens is 276 g/mol. The number of allylic oxidation sites excluding steroid dienone is 1. The fourth-order valence-electron chi connectivity index (χ4n) is 3.40. The van der Waals surface area contributed by atoms with Crippen molar-refractivity contribution in [3.8, 4) is 0 Å². The standard InChI is InChI=1S/C18H30N2O2/c21-17(19-13-12-15-8-4-3-5-9-15)14-18(22)20-16-10-6-1-2-7-11-16/h8,16H,1-7,9-14H2,(H,19,21)(H,20,22). The second kappa shape index (κ2) is 9.65. The number of amides is 2. The van der Waals surface area contributed by atoms with Crippen LogP contribution in [-0.2, 0) is 9.59 Å². The van der Waals surface area contributed by atoms with Crippen LogP contribution in [0.2, 0.25) is 0 Å². The highest BCUT2D eigenvalue weighted by Crippen LogP contribution is 2.19. The summed E-state index contributed by atoms with van der Waals surface area (Å²) in [7, 11) is 0. The number of carbonyl (C=O) groups is 2. The van der Waals surface area contributed by atoms with Gasteiger partial charge in [-0.15, -0.1) is 0 Å². The van der Waals surface area contributed by atoms with Crippen LogP contribution in [0.15, 0.2) is 11.6 Å². The van der Waals surface area contributed by atoms with Crippen molar-refractivity contribution in [2.45, 2.75) is 83.1 Å². The van der Waals surface area contributed by atoms with E-state index >= 15 is 0 Å². The van der Waals surface area contributed by atoms with Gasteiger partial charge in [-0.1, -0.05) is 37.3 Å². The third-order valence-electron chi connectivity index (χ3n) is 4.69. The zero-order valence-electron chi connectivity index (χ0n) is 13.7. The van der Waals surface area contributed by atoms with Crippen molar-refractivity contribution in [2.75, 3.05) is 6.54 Å². The maximum atomic E-state index is 11.9. The second-order valence-corrected chi connectivity index (χ2v) is 6.64. The molecule has 0 bridgehead atoms. The van der Waals surface area contributed by atoms with Gasteiger partial charge in [0.2, 0.25) is 11.8 Å². The van der Waals surface area contributed by atoms with Crippen molar-refractivity contribution < 1.29 is 9.59 Å². The molecule has 0 aromatic rings. The van der Waals surface area contributed by atoms with E-state index in [0.717, 1.165) is 25.7 Å². The van der Waals surface area contributed by atoms with E-state index in [2.05, 4.69) is 16.7 Å². The third kappa shape index (κ3) is 6.63. The quantitative estimate of drug-likeness (QED) is 0.450. The Morgan fingerprint density at radius 3 is 2.45 bits per heavy atom. The Labute approximate surface area is 134 Å². The smallest absolute Gasteiger partial charge is 0.229 e. The fourth-order valence-corrected chi connectivity index (χ4v) is 3.40. The van der Waals surface area contributed by atoms with Gasteiger partial charge in [0.15, 0.2) is 0 Å². The normalized spacial score (nSPS) is 19.9. The van der Waals surface area contributed by atoms with Crippen molar-refractivity contribution in [3.05, 3.63) is 11.6 Å². The summed E-state index contributed by atoms with van der Waals surface area (Å²) in [5, 5.41) is 5.89. The van der Waals surface area contributed by atoms with E-state index in [1.54, 1.807) is 0 Å². The largest absolute Gasteiger partial charge is 0.355 e. The fraction of sp³-hybridized carbons (Fsp3) is 0.778. The molecule has 1 fully saturated rings. The van der Waals surface area contributed by atoms with Crippen molar-refractivity contribution in [2.24, 2.45) is 0 Å². The van der Waals surface area contributed by atoms with E-state index in [1.165, 1.54) is 50.5 Å². The van der Waals surface area contributed by atoms with Crippen molar-refractivity contribution in [3.63, 3.8) is 0 Å². The average molecular weight is 306 g/mol. The molecule has 0 spiro atoms. The molecule has 4 heteroatoms. The number of hydrogen-bond acceptors (Lipinski definition) is 2. The molecule has 0 radical (unpaired) electrons. The molecule has 2 aliphatic rings. The number of hydrogen-bond donors (Lipinski definition) is 2. The SMILES string of the molecule is O=C(CC(=O)NC1CCCCCC1)NCCC1=CCCCC1. The van der Waals surface area contributed by atoms with Gasteiger partial charge in [0, 0.05) is 12.6 Å². The van der Waals surface area contributed by atoms with E-state index in [4.69, 9.17) is 0 Å². The Hall–Kier alpha value is -1.32. The zero-order chi connectivity index (χ0) is 15.6. The summed E-state index contributed by atoms with van der Waals surface area (Å²) in [6.45, 7) is 0.654. The first-order chi connectivity index (χ1) is 10.7. The summed E-state index contributed by atoms with van der Waals surface area (Å²) in [5.41, 5.74) is 1.45. The predicted molar refractivity (Wildman–Crippen MR) is 88.4 cm³/mol. The molecule has 0 unspecified atom stereocenters. The molecule has 0 heterocycles. The molecule has 0 aliphatic heterocycles. The zero-order valence-corrected chi connectivity index (χ0v) is 13.7. The van der Waals surface area contributed by atoms with Crippen LogP contribution in [0, 0.1) is 0 Å². The molecule has 0 saturated heterocycles. The van der Waals surface area contributed by atoms with Gasteiger partial charge < -0.3 is 10.6 Å². The lowest BCUT2D eigenvalue weighted by molar-refractivity contribution is -0.129. The van der Waals surface area contributed by atoms with Gasteiger partial charge in [-0.25, -0.2) is 0 Å². The first-order valence-electron chi connectivity index (χ1n) is 8.98. The Morgan fingerprint density at radius 1 is 1.00 bits per heavy atom. The minimum atomic E-state index is -0.150. The topological polar surface area (TPSA) is 58.2 Å². The van der Waals surface area contributed by atoms with Gasteiger partial charge >= 0.3 is 0 Å². The van der Waals surface area contributed by atoms with Crippen LogP contribution in [0.1, 0.15) is 77.0 Å². The lowest BCUT2D eigenvalue weighted by atomic mass is 9.97. The minimum absolute atomic E-state index is 0.0322.